The van der Waals surface area contributed by atoms with E-state index in [1.807, 2.05) is 0 Å². The fourth-order valence-electron chi connectivity index (χ4n) is 2.45. The van der Waals surface area contributed by atoms with E-state index in [1.165, 1.54) is 6.08 Å². The summed E-state index contributed by atoms with van der Waals surface area (Å²) in [6.45, 7) is 3.46. The first-order valence-electron chi connectivity index (χ1n) is 6.47. The van der Waals surface area contributed by atoms with Gasteiger partial charge < -0.3 is 20.7 Å². The second-order valence-corrected chi connectivity index (χ2v) is 5.90. The Balaban J connectivity index is 2.11. The van der Waals surface area contributed by atoms with Crippen molar-refractivity contribution in [3.63, 3.8) is 0 Å². The van der Waals surface area contributed by atoms with Gasteiger partial charge in [-0.15, -0.1) is 6.58 Å². The molecule has 0 spiro atoms. The van der Waals surface area contributed by atoms with Crippen LogP contribution in [0.3, 0.4) is 0 Å². The number of fused-ring (bicyclic) bond motifs is 1. The number of rotatable bonds is 3. The Labute approximate surface area is 127 Å². The maximum atomic E-state index is 12.2. The van der Waals surface area contributed by atoms with Crippen molar-refractivity contribution >= 4 is 27.6 Å². The molecule has 1 fully saturated rings. The van der Waals surface area contributed by atoms with Gasteiger partial charge >= 0.3 is 4.87 Å². The molecule has 0 bridgehead atoms. The SMILES string of the molecule is C=CC(O)[C@@H]1C[C@@H](O)[C@H](n2c(=O)sc3c(=O)[nH]c(N)nc32)O1. The quantitative estimate of drug-likeness (QED) is 0.525. The van der Waals surface area contributed by atoms with Crippen LogP contribution in [-0.2, 0) is 4.74 Å². The second kappa shape index (κ2) is 5.32. The molecule has 0 saturated carbocycles. The van der Waals surface area contributed by atoms with Crippen molar-refractivity contribution in [2.45, 2.75) is 31.0 Å². The molecule has 0 aliphatic carbocycles. The standard InChI is InChI=1S/C12H14N4O5S/c1-2-4(17)6-3-5(18)10(21-6)16-8-7(22-12(16)20)9(19)15-11(13)14-8/h2,4-6,10,17-18H,1,3H2,(H3,13,14,15,19)/t4?,5-,6+,10-/m1/s1. The molecular weight excluding hydrogens is 312 g/mol. The molecule has 1 unspecified atom stereocenters. The fraction of sp³-hybridized carbons (Fsp3) is 0.417. The van der Waals surface area contributed by atoms with E-state index in [2.05, 4.69) is 16.5 Å². The van der Waals surface area contributed by atoms with Gasteiger partial charge in [0.15, 0.2) is 11.9 Å². The molecule has 2 aromatic rings. The van der Waals surface area contributed by atoms with Crippen LogP contribution < -0.4 is 16.2 Å². The molecule has 22 heavy (non-hydrogen) atoms. The number of nitrogen functional groups attached to an aromatic ring is 1. The van der Waals surface area contributed by atoms with Gasteiger partial charge in [-0.1, -0.05) is 17.4 Å². The van der Waals surface area contributed by atoms with Gasteiger partial charge in [0.05, 0.1) is 12.2 Å². The molecule has 3 heterocycles. The van der Waals surface area contributed by atoms with Gasteiger partial charge in [0, 0.05) is 6.42 Å². The second-order valence-electron chi connectivity index (χ2n) is 4.94. The van der Waals surface area contributed by atoms with Crippen molar-refractivity contribution in [3.05, 3.63) is 32.7 Å². The van der Waals surface area contributed by atoms with Crippen LogP contribution in [-0.4, -0.2) is 43.1 Å². The van der Waals surface area contributed by atoms with E-state index in [4.69, 9.17) is 10.5 Å². The van der Waals surface area contributed by atoms with Crippen molar-refractivity contribution in [2.75, 3.05) is 5.73 Å². The average molecular weight is 326 g/mol. The number of aliphatic hydroxyl groups is 2. The summed E-state index contributed by atoms with van der Waals surface area (Å²) in [5.74, 6) is -0.140. The van der Waals surface area contributed by atoms with E-state index < -0.39 is 35.0 Å². The van der Waals surface area contributed by atoms with E-state index in [0.29, 0.717) is 11.3 Å². The Bertz CT molecular complexity index is 840. The molecule has 5 N–H and O–H groups in total. The molecule has 9 nitrogen and oxygen atoms in total. The molecule has 2 aromatic heterocycles. The maximum Gasteiger partial charge on any atom is 0.311 e. The zero-order valence-corrected chi connectivity index (χ0v) is 12.1. The summed E-state index contributed by atoms with van der Waals surface area (Å²) in [6, 6.07) is 0. The fourth-order valence-corrected chi connectivity index (χ4v) is 3.30. The smallest absolute Gasteiger partial charge is 0.311 e. The molecule has 118 valence electrons. The molecule has 4 atom stereocenters. The molecule has 0 amide bonds. The highest BCUT2D eigenvalue weighted by Crippen LogP contribution is 2.32. The average Bonchev–Trinajstić information content (AvgIpc) is 2.98. The lowest BCUT2D eigenvalue weighted by Crippen LogP contribution is -2.28. The molecule has 1 saturated heterocycles. The van der Waals surface area contributed by atoms with Crippen LogP contribution in [0.4, 0.5) is 5.95 Å². The van der Waals surface area contributed by atoms with Gasteiger partial charge in [-0.3, -0.25) is 19.1 Å². The molecule has 0 radical (unpaired) electrons. The molecule has 1 aliphatic rings. The van der Waals surface area contributed by atoms with Crippen LogP contribution in [0.5, 0.6) is 0 Å². The Morgan fingerprint density at radius 3 is 3.00 bits per heavy atom. The molecular formula is C12H14N4O5S. The Morgan fingerprint density at radius 2 is 2.32 bits per heavy atom. The van der Waals surface area contributed by atoms with E-state index in [-0.39, 0.29) is 22.7 Å². The summed E-state index contributed by atoms with van der Waals surface area (Å²) in [7, 11) is 0. The lowest BCUT2D eigenvalue weighted by atomic mass is 10.1. The number of H-pyrrole nitrogens is 1. The van der Waals surface area contributed by atoms with E-state index >= 15 is 0 Å². The minimum Gasteiger partial charge on any atom is -0.388 e. The number of nitrogens with one attached hydrogen (secondary N) is 1. The monoisotopic (exact) mass is 326 g/mol. The number of aromatic amines is 1. The predicted molar refractivity (Wildman–Crippen MR) is 79.7 cm³/mol. The number of ether oxygens (including phenoxy) is 1. The normalized spacial score (nSPS) is 26.4. The topological polar surface area (TPSA) is 143 Å². The first-order valence-corrected chi connectivity index (χ1v) is 7.29. The van der Waals surface area contributed by atoms with Crippen molar-refractivity contribution in [3.8, 4) is 0 Å². The van der Waals surface area contributed by atoms with Crippen LogP contribution in [0.2, 0.25) is 0 Å². The van der Waals surface area contributed by atoms with E-state index in [1.54, 1.807) is 0 Å². The first kappa shape index (κ1) is 14.9. The first-order chi connectivity index (χ1) is 10.4. The van der Waals surface area contributed by atoms with Crippen LogP contribution in [0, 0.1) is 0 Å². The van der Waals surface area contributed by atoms with Gasteiger partial charge in [0.2, 0.25) is 5.95 Å². The summed E-state index contributed by atoms with van der Waals surface area (Å²) in [4.78, 5) is 29.7. The molecule has 1 aliphatic heterocycles. The zero-order chi connectivity index (χ0) is 16.0. The van der Waals surface area contributed by atoms with Crippen LogP contribution >= 0.6 is 11.3 Å². The Morgan fingerprint density at radius 1 is 1.59 bits per heavy atom. The minimum absolute atomic E-state index is 0.0500. The van der Waals surface area contributed by atoms with E-state index in [0.717, 1.165) is 4.57 Å². The number of thiazole rings is 1. The minimum atomic E-state index is -1.05. The van der Waals surface area contributed by atoms with Crippen molar-refractivity contribution in [1.29, 1.82) is 0 Å². The third-order valence-corrected chi connectivity index (χ3v) is 4.43. The highest BCUT2D eigenvalue weighted by Gasteiger charge is 2.39. The van der Waals surface area contributed by atoms with Gasteiger partial charge in [0.1, 0.15) is 10.8 Å². The molecule has 3 rings (SSSR count). The van der Waals surface area contributed by atoms with Gasteiger partial charge in [0.25, 0.3) is 5.56 Å². The van der Waals surface area contributed by atoms with Gasteiger partial charge in [-0.25, -0.2) is 0 Å². The summed E-state index contributed by atoms with van der Waals surface area (Å²) in [5.41, 5.74) is 5.02. The number of hydrogen-bond acceptors (Lipinski definition) is 8. The van der Waals surface area contributed by atoms with E-state index in [9.17, 15) is 19.8 Å². The van der Waals surface area contributed by atoms with Crippen molar-refractivity contribution < 1.29 is 14.9 Å². The van der Waals surface area contributed by atoms with Gasteiger partial charge in [-0.05, 0) is 0 Å². The van der Waals surface area contributed by atoms with Crippen LogP contribution in [0.15, 0.2) is 22.2 Å². The summed E-state index contributed by atoms with van der Waals surface area (Å²) >= 11 is 0.690. The predicted octanol–water partition coefficient (Wildman–Crippen LogP) is -1.08. The number of nitrogens with zero attached hydrogens (tertiary/aromatic N) is 2. The molecule has 0 aromatic carbocycles. The van der Waals surface area contributed by atoms with Crippen molar-refractivity contribution in [1.82, 2.24) is 14.5 Å². The third kappa shape index (κ3) is 2.25. The summed E-state index contributed by atoms with van der Waals surface area (Å²) < 4.78 is 6.73. The van der Waals surface area contributed by atoms with Crippen molar-refractivity contribution in [2.24, 2.45) is 0 Å². The number of aliphatic hydroxyl groups excluding tert-OH is 2. The number of hydrogen-bond donors (Lipinski definition) is 4. The lowest BCUT2D eigenvalue weighted by Gasteiger charge is -2.17. The number of nitrogens with two attached hydrogens (primary N) is 1. The summed E-state index contributed by atoms with van der Waals surface area (Å²) in [6.07, 6.45) is -2.33. The third-order valence-electron chi connectivity index (χ3n) is 3.49. The Kier molecular flexibility index (Phi) is 3.60. The highest BCUT2D eigenvalue weighted by molar-refractivity contribution is 7.16. The molecule has 10 heteroatoms. The highest BCUT2D eigenvalue weighted by atomic mass is 32.1. The van der Waals surface area contributed by atoms with Gasteiger partial charge in [-0.2, -0.15) is 4.98 Å². The number of anilines is 1. The largest absolute Gasteiger partial charge is 0.388 e. The van der Waals surface area contributed by atoms with Crippen LogP contribution in [0.1, 0.15) is 12.6 Å². The maximum absolute atomic E-state index is 12.2. The lowest BCUT2D eigenvalue weighted by molar-refractivity contribution is -0.0638. The number of aromatic nitrogens is 3. The Hall–Kier alpha value is -2.01. The van der Waals surface area contributed by atoms with Crippen LogP contribution in [0.25, 0.3) is 10.3 Å². The zero-order valence-electron chi connectivity index (χ0n) is 11.3. The summed E-state index contributed by atoms with van der Waals surface area (Å²) in [5, 5.41) is 19.9.